The molecule has 2 aromatic rings. The van der Waals surface area contributed by atoms with Gasteiger partial charge in [0, 0.05) is 25.6 Å². The molecule has 2 saturated heterocycles. The Hall–Kier alpha value is -1.96. The predicted molar refractivity (Wildman–Crippen MR) is 96.9 cm³/mol. The van der Waals surface area contributed by atoms with Crippen LogP contribution in [0.15, 0.2) is 34.9 Å². The maximum atomic E-state index is 6.26. The van der Waals surface area contributed by atoms with Gasteiger partial charge in [-0.05, 0) is 37.6 Å². The monoisotopic (exact) mass is 358 g/mol. The standard InChI is InChI=1S/C19H26N4O3/c1-15-4-5-18(22-21-15)20-10-16-9-19(26-12-16)13-23(6-8-24-14-19)11-17-3-2-7-25-17/h2-5,7,16H,6,8-14H2,1H3,(H,20,22)/t16-,19-/m1/s1. The van der Waals surface area contributed by atoms with Gasteiger partial charge in [0.2, 0.25) is 0 Å². The smallest absolute Gasteiger partial charge is 0.148 e. The number of hydrogen-bond donors (Lipinski definition) is 1. The first-order valence-corrected chi connectivity index (χ1v) is 9.21. The quantitative estimate of drug-likeness (QED) is 0.877. The van der Waals surface area contributed by atoms with E-state index in [0.29, 0.717) is 12.5 Å². The molecule has 0 bridgehead atoms. The average molecular weight is 358 g/mol. The van der Waals surface area contributed by atoms with Gasteiger partial charge in [-0.1, -0.05) is 0 Å². The fraction of sp³-hybridized carbons (Fsp3) is 0.579. The molecule has 0 unspecified atom stereocenters. The molecule has 2 fully saturated rings. The molecule has 0 radical (unpaired) electrons. The summed E-state index contributed by atoms with van der Waals surface area (Å²) in [5.74, 6) is 2.23. The van der Waals surface area contributed by atoms with Crippen molar-refractivity contribution < 1.29 is 13.9 Å². The summed E-state index contributed by atoms with van der Waals surface area (Å²) in [4.78, 5) is 2.37. The van der Waals surface area contributed by atoms with Crippen molar-refractivity contribution >= 4 is 5.82 Å². The molecule has 4 heterocycles. The Bertz CT molecular complexity index is 691. The molecule has 0 aromatic carbocycles. The maximum absolute atomic E-state index is 6.26. The molecule has 2 aliphatic heterocycles. The van der Waals surface area contributed by atoms with Gasteiger partial charge in [-0.25, -0.2) is 0 Å². The zero-order valence-corrected chi connectivity index (χ0v) is 15.2. The molecule has 0 aliphatic carbocycles. The summed E-state index contributed by atoms with van der Waals surface area (Å²) in [5.41, 5.74) is 0.694. The van der Waals surface area contributed by atoms with Gasteiger partial charge < -0.3 is 19.2 Å². The second-order valence-corrected chi connectivity index (χ2v) is 7.35. The highest BCUT2D eigenvalue weighted by Crippen LogP contribution is 2.33. The first-order valence-electron chi connectivity index (χ1n) is 9.21. The van der Waals surface area contributed by atoms with E-state index in [9.17, 15) is 0 Å². The zero-order chi connectivity index (χ0) is 17.8. The van der Waals surface area contributed by atoms with Crippen LogP contribution in [0.4, 0.5) is 5.82 Å². The Labute approximate surface area is 153 Å². The van der Waals surface area contributed by atoms with Crippen molar-refractivity contribution in [2.45, 2.75) is 25.5 Å². The van der Waals surface area contributed by atoms with E-state index in [-0.39, 0.29) is 5.60 Å². The Morgan fingerprint density at radius 3 is 3.08 bits per heavy atom. The number of rotatable bonds is 5. The van der Waals surface area contributed by atoms with E-state index in [4.69, 9.17) is 13.9 Å². The molecule has 0 saturated carbocycles. The molecule has 7 heteroatoms. The van der Waals surface area contributed by atoms with Crippen LogP contribution in [0.5, 0.6) is 0 Å². The number of aryl methyl sites for hydroxylation is 1. The van der Waals surface area contributed by atoms with Crippen LogP contribution in [0.3, 0.4) is 0 Å². The average Bonchev–Trinajstić information content (AvgIpc) is 3.24. The van der Waals surface area contributed by atoms with E-state index in [1.165, 1.54) is 0 Å². The van der Waals surface area contributed by atoms with Crippen LogP contribution in [0, 0.1) is 12.8 Å². The van der Waals surface area contributed by atoms with Crippen molar-refractivity contribution in [2.75, 3.05) is 44.8 Å². The molecule has 4 rings (SSSR count). The summed E-state index contributed by atoms with van der Waals surface area (Å²) >= 11 is 0. The van der Waals surface area contributed by atoms with Crippen LogP contribution in [0.2, 0.25) is 0 Å². The van der Waals surface area contributed by atoms with Crippen LogP contribution < -0.4 is 5.32 Å². The summed E-state index contributed by atoms with van der Waals surface area (Å²) in [5, 5.41) is 11.6. The fourth-order valence-electron chi connectivity index (χ4n) is 3.76. The highest BCUT2D eigenvalue weighted by atomic mass is 16.5. The molecular formula is C19H26N4O3. The summed E-state index contributed by atoms with van der Waals surface area (Å²) in [7, 11) is 0. The highest BCUT2D eigenvalue weighted by Gasteiger charge is 2.43. The Kier molecular flexibility index (Phi) is 5.19. The maximum Gasteiger partial charge on any atom is 0.148 e. The Balaban J connectivity index is 1.33. The number of anilines is 1. The van der Waals surface area contributed by atoms with E-state index in [1.54, 1.807) is 6.26 Å². The third kappa shape index (κ3) is 4.23. The van der Waals surface area contributed by atoms with Crippen molar-refractivity contribution in [3.05, 3.63) is 42.0 Å². The van der Waals surface area contributed by atoms with Gasteiger partial charge in [0.05, 0.1) is 38.3 Å². The highest BCUT2D eigenvalue weighted by molar-refractivity contribution is 5.32. The summed E-state index contributed by atoms with van der Waals surface area (Å²) in [6.45, 7) is 7.45. The molecule has 26 heavy (non-hydrogen) atoms. The molecule has 2 atom stereocenters. The van der Waals surface area contributed by atoms with Gasteiger partial charge in [0.1, 0.15) is 17.2 Å². The first kappa shape index (κ1) is 17.5. The topological polar surface area (TPSA) is 72.7 Å². The van der Waals surface area contributed by atoms with E-state index in [1.807, 2.05) is 31.2 Å². The lowest BCUT2D eigenvalue weighted by atomic mass is 9.94. The number of nitrogens with one attached hydrogen (secondary N) is 1. The van der Waals surface area contributed by atoms with Crippen molar-refractivity contribution in [3.63, 3.8) is 0 Å². The van der Waals surface area contributed by atoms with Crippen LogP contribution in [-0.2, 0) is 16.0 Å². The van der Waals surface area contributed by atoms with Gasteiger partial charge in [-0.2, -0.15) is 5.10 Å². The Morgan fingerprint density at radius 1 is 1.31 bits per heavy atom. The number of nitrogens with zero attached hydrogens (tertiary/aromatic N) is 3. The number of aromatic nitrogens is 2. The van der Waals surface area contributed by atoms with Crippen molar-refractivity contribution in [1.29, 1.82) is 0 Å². The minimum atomic E-state index is -0.228. The SMILES string of the molecule is Cc1ccc(NC[C@@H]2CO[C@]3(COCCN(Cc4ccco4)C3)C2)nn1. The van der Waals surface area contributed by atoms with Gasteiger partial charge in [-0.3, -0.25) is 4.90 Å². The number of hydrogen-bond acceptors (Lipinski definition) is 7. The van der Waals surface area contributed by atoms with Crippen LogP contribution >= 0.6 is 0 Å². The third-order valence-corrected chi connectivity index (χ3v) is 5.04. The molecule has 140 valence electrons. The lowest BCUT2D eigenvalue weighted by Crippen LogP contribution is -2.43. The van der Waals surface area contributed by atoms with Crippen molar-refractivity contribution in [1.82, 2.24) is 15.1 Å². The largest absolute Gasteiger partial charge is 0.468 e. The molecule has 1 N–H and O–H groups in total. The van der Waals surface area contributed by atoms with Gasteiger partial charge in [0.25, 0.3) is 0 Å². The lowest BCUT2D eigenvalue weighted by molar-refractivity contribution is -0.0565. The van der Waals surface area contributed by atoms with Crippen molar-refractivity contribution in [3.8, 4) is 0 Å². The third-order valence-electron chi connectivity index (χ3n) is 5.04. The van der Waals surface area contributed by atoms with E-state index >= 15 is 0 Å². The second kappa shape index (κ2) is 7.73. The van der Waals surface area contributed by atoms with E-state index in [2.05, 4.69) is 20.4 Å². The summed E-state index contributed by atoms with van der Waals surface area (Å²) < 4.78 is 17.6. The van der Waals surface area contributed by atoms with Crippen LogP contribution in [-0.4, -0.2) is 60.2 Å². The second-order valence-electron chi connectivity index (χ2n) is 7.35. The molecule has 1 spiro atoms. The molecule has 2 aromatic heterocycles. The molecule has 0 amide bonds. The molecule has 7 nitrogen and oxygen atoms in total. The van der Waals surface area contributed by atoms with E-state index < -0.39 is 0 Å². The molecule has 2 aliphatic rings. The van der Waals surface area contributed by atoms with Crippen LogP contribution in [0.25, 0.3) is 0 Å². The number of furan rings is 1. The first-order chi connectivity index (χ1) is 12.7. The van der Waals surface area contributed by atoms with Gasteiger partial charge >= 0.3 is 0 Å². The van der Waals surface area contributed by atoms with Crippen LogP contribution in [0.1, 0.15) is 17.9 Å². The van der Waals surface area contributed by atoms with Gasteiger partial charge in [-0.15, -0.1) is 5.10 Å². The van der Waals surface area contributed by atoms with Gasteiger partial charge in [0.15, 0.2) is 0 Å². The van der Waals surface area contributed by atoms with E-state index in [0.717, 1.165) is 63.1 Å². The molecular weight excluding hydrogens is 332 g/mol. The summed E-state index contributed by atoms with van der Waals surface area (Å²) in [6.07, 6.45) is 2.70. The number of ether oxygens (including phenoxy) is 2. The lowest BCUT2D eigenvalue weighted by Gasteiger charge is -2.30. The summed E-state index contributed by atoms with van der Waals surface area (Å²) in [6, 6.07) is 7.88. The minimum Gasteiger partial charge on any atom is -0.468 e. The predicted octanol–water partition coefficient (Wildman–Crippen LogP) is 2.10. The zero-order valence-electron chi connectivity index (χ0n) is 15.2. The van der Waals surface area contributed by atoms with Crippen molar-refractivity contribution in [2.24, 2.45) is 5.92 Å². The minimum absolute atomic E-state index is 0.228. The Morgan fingerprint density at radius 2 is 2.27 bits per heavy atom. The normalized spacial score (nSPS) is 26.9. The fourth-order valence-corrected chi connectivity index (χ4v) is 3.76.